The zero-order valence-electron chi connectivity index (χ0n) is 14.4. The first kappa shape index (κ1) is 18.3. The van der Waals surface area contributed by atoms with Crippen LogP contribution in [-0.2, 0) is 19.0 Å². The fourth-order valence-electron chi connectivity index (χ4n) is 2.85. The monoisotopic (exact) mass is 382 g/mol. The van der Waals surface area contributed by atoms with Gasteiger partial charge in [0.2, 0.25) is 0 Å². The molecule has 12 nitrogen and oxygen atoms in total. The molecule has 0 unspecified atom stereocenters. The topological polar surface area (TPSA) is 148 Å². The Morgan fingerprint density at radius 2 is 2.19 bits per heavy atom. The van der Waals surface area contributed by atoms with E-state index in [1.54, 1.807) is 9.47 Å². The van der Waals surface area contributed by atoms with Gasteiger partial charge < -0.3 is 9.64 Å². The molecule has 13 heteroatoms. The van der Waals surface area contributed by atoms with Crippen LogP contribution in [0.3, 0.4) is 0 Å². The quantitative estimate of drug-likeness (QED) is 0.319. The molecular weight excluding hydrogens is 364 g/mol. The minimum absolute atomic E-state index is 0.267. The summed E-state index contributed by atoms with van der Waals surface area (Å²) in [5, 5.41) is 3.67. The number of hydrogen-bond donors (Lipinski definition) is 0. The van der Waals surface area contributed by atoms with E-state index in [1.807, 2.05) is 14.1 Å². The van der Waals surface area contributed by atoms with Gasteiger partial charge in [-0.1, -0.05) is 5.11 Å². The molecule has 1 aliphatic rings. The molecule has 3 atom stereocenters. The molecule has 0 saturated carbocycles. The molecule has 0 spiro atoms. The highest BCUT2D eigenvalue weighted by Gasteiger charge is 2.39. The van der Waals surface area contributed by atoms with Crippen LogP contribution in [0.2, 0.25) is 0 Å². The number of rotatable bonds is 5. The predicted molar refractivity (Wildman–Crippen MR) is 91.9 cm³/mol. The van der Waals surface area contributed by atoms with Gasteiger partial charge in [0.25, 0.3) is 10.1 Å². The van der Waals surface area contributed by atoms with Crippen molar-refractivity contribution in [2.24, 2.45) is 5.11 Å². The number of aromatic nitrogens is 4. The normalized spacial score (nSPS) is 23.6. The minimum atomic E-state index is -3.81. The highest BCUT2D eigenvalue weighted by Crippen LogP contribution is 2.32. The first-order valence-corrected chi connectivity index (χ1v) is 9.52. The summed E-state index contributed by atoms with van der Waals surface area (Å²) < 4.78 is 35.9. The number of anilines is 1. The zero-order valence-corrected chi connectivity index (χ0v) is 15.2. The first-order valence-electron chi connectivity index (χ1n) is 7.70. The van der Waals surface area contributed by atoms with E-state index in [0.717, 1.165) is 6.26 Å². The number of ether oxygens (including phenoxy) is 1. The van der Waals surface area contributed by atoms with Crippen LogP contribution < -0.4 is 4.90 Å². The third kappa shape index (κ3) is 3.55. The second-order valence-electron chi connectivity index (χ2n) is 6.00. The second kappa shape index (κ2) is 7.03. The molecule has 1 saturated heterocycles. The maximum Gasteiger partial charge on any atom is 0.264 e. The smallest absolute Gasteiger partial charge is 0.264 e. The van der Waals surface area contributed by atoms with Crippen molar-refractivity contribution in [3.8, 4) is 0 Å². The molecule has 0 aliphatic carbocycles. The number of nitrogens with zero attached hydrogens (tertiary/aromatic N) is 8. The molecule has 0 N–H and O–H groups in total. The van der Waals surface area contributed by atoms with Gasteiger partial charge in [-0.3, -0.25) is 8.75 Å². The lowest BCUT2D eigenvalue weighted by atomic mass is 10.0. The molecule has 0 amide bonds. The SMILES string of the molecule is CN(C)c1ncnc2c1ncn2[C@@H]1OCC[C@@H](N=[N+]=[N-])[C@H]1OS(C)(=O)=O. The van der Waals surface area contributed by atoms with Crippen molar-refractivity contribution in [2.75, 3.05) is 31.9 Å². The lowest BCUT2D eigenvalue weighted by Gasteiger charge is -2.35. The highest BCUT2D eigenvalue weighted by atomic mass is 32.2. The van der Waals surface area contributed by atoms with E-state index in [2.05, 4.69) is 25.0 Å². The van der Waals surface area contributed by atoms with Gasteiger partial charge in [0.15, 0.2) is 23.2 Å². The molecule has 3 rings (SSSR count). The molecule has 140 valence electrons. The summed E-state index contributed by atoms with van der Waals surface area (Å²) >= 11 is 0. The van der Waals surface area contributed by atoms with Gasteiger partial charge in [-0.2, -0.15) is 8.42 Å². The summed E-state index contributed by atoms with van der Waals surface area (Å²) in [7, 11) is -0.163. The van der Waals surface area contributed by atoms with Crippen LogP contribution in [0, 0.1) is 0 Å². The fourth-order valence-corrected chi connectivity index (χ4v) is 3.48. The van der Waals surface area contributed by atoms with Gasteiger partial charge in [-0.25, -0.2) is 15.0 Å². The maximum absolute atomic E-state index is 11.7. The largest absolute Gasteiger partial charge is 0.361 e. The second-order valence-corrected chi connectivity index (χ2v) is 7.60. The lowest BCUT2D eigenvalue weighted by Crippen LogP contribution is -2.43. The van der Waals surface area contributed by atoms with E-state index in [-0.39, 0.29) is 6.61 Å². The Bertz CT molecular complexity index is 952. The Labute approximate surface area is 149 Å². The first-order chi connectivity index (χ1) is 12.3. The van der Waals surface area contributed by atoms with Crippen LogP contribution in [0.1, 0.15) is 12.6 Å². The molecule has 0 bridgehead atoms. The third-order valence-corrected chi connectivity index (χ3v) is 4.46. The Balaban J connectivity index is 2.09. The summed E-state index contributed by atoms with van der Waals surface area (Å²) in [6.45, 7) is 0.267. The van der Waals surface area contributed by atoms with Gasteiger partial charge in [0, 0.05) is 25.6 Å². The van der Waals surface area contributed by atoms with Crippen molar-refractivity contribution < 1.29 is 17.3 Å². The van der Waals surface area contributed by atoms with Crippen molar-refractivity contribution in [1.82, 2.24) is 19.5 Å². The van der Waals surface area contributed by atoms with Crippen molar-refractivity contribution >= 4 is 27.1 Å². The van der Waals surface area contributed by atoms with Crippen molar-refractivity contribution in [2.45, 2.75) is 24.8 Å². The molecule has 1 aliphatic heterocycles. The van der Waals surface area contributed by atoms with Crippen LogP contribution in [0.25, 0.3) is 21.6 Å². The lowest BCUT2D eigenvalue weighted by molar-refractivity contribution is -0.109. The van der Waals surface area contributed by atoms with Gasteiger partial charge >= 0.3 is 0 Å². The number of fused-ring (bicyclic) bond motifs is 1. The fraction of sp³-hybridized carbons (Fsp3) is 0.615. The average Bonchev–Trinajstić information content (AvgIpc) is 2.99. The third-order valence-electron chi connectivity index (χ3n) is 3.89. The highest BCUT2D eigenvalue weighted by molar-refractivity contribution is 7.86. The van der Waals surface area contributed by atoms with E-state index in [4.69, 9.17) is 14.5 Å². The van der Waals surface area contributed by atoms with Gasteiger partial charge in [-0.05, 0) is 12.0 Å². The van der Waals surface area contributed by atoms with E-state index in [9.17, 15) is 8.42 Å². The Morgan fingerprint density at radius 3 is 2.85 bits per heavy atom. The van der Waals surface area contributed by atoms with Crippen molar-refractivity contribution in [3.05, 3.63) is 23.1 Å². The molecule has 3 heterocycles. The number of azide groups is 1. The van der Waals surface area contributed by atoms with Gasteiger partial charge in [-0.15, -0.1) is 0 Å². The molecule has 26 heavy (non-hydrogen) atoms. The van der Waals surface area contributed by atoms with Crippen LogP contribution in [-0.4, -0.2) is 67.0 Å². The van der Waals surface area contributed by atoms with Crippen LogP contribution in [0.4, 0.5) is 5.82 Å². The van der Waals surface area contributed by atoms with Crippen LogP contribution >= 0.6 is 0 Å². The van der Waals surface area contributed by atoms with Crippen molar-refractivity contribution in [3.63, 3.8) is 0 Å². The summed E-state index contributed by atoms with van der Waals surface area (Å²) in [6.07, 6.45) is 2.23. The molecule has 2 aromatic heterocycles. The standard InChI is InChI=1S/C13H18N8O4S/c1-20(2)11-9-12(16-6-15-11)21(7-17-9)13-10(25-26(3,22)23)8(18-19-14)4-5-24-13/h6-8,10,13H,4-5H2,1-3H3/t8-,10-,13-/m1/s1. The molecule has 0 radical (unpaired) electrons. The van der Waals surface area contributed by atoms with E-state index in [0.29, 0.717) is 23.4 Å². The summed E-state index contributed by atoms with van der Waals surface area (Å²) in [4.78, 5) is 17.3. The summed E-state index contributed by atoms with van der Waals surface area (Å²) in [5.74, 6) is 0.608. The van der Waals surface area contributed by atoms with Crippen molar-refractivity contribution in [1.29, 1.82) is 0 Å². The average molecular weight is 382 g/mol. The molecule has 1 fully saturated rings. The van der Waals surface area contributed by atoms with Gasteiger partial charge in [0.05, 0.1) is 18.6 Å². The molecule has 0 aromatic carbocycles. The van der Waals surface area contributed by atoms with Crippen LogP contribution in [0.15, 0.2) is 17.8 Å². The summed E-state index contributed by atoms with van der Waals surface area (Å²) in [6, 6.07) is -0.707. The zero-order chi connectivity index (χ0) is 18.9. The Morgan fingerprint density at radius 1 is 1.42 bits per heavy atom. The Kier molecular flexibility index (Phi) is 4.96. The molecule has 2 aromatic rings. The minimum Gasteiger partial charge on any atom is -0.361 e. The Hall–Kier alpha value is -2.47. The summed E-state index contributed by atoms with van der Waals surface area (Å²) in [5.41, 5.74) is 9.78. The van der Waals surface area contributed by atoms with Gasteiger partial charge in [0.1, 0.15) is 12.4 Å². The number of imidazole rings is 1. The predicted octanol–water partition coefficient (Wildman–Crippen LogP) is 0.835. The van der Waals surface area contributed by atoms with Crippen LogP contribution in [0.5, 0.6) is 0 Å². The number of hydrogen-bond acceptors (Lipinski definition) is 9. The van der Waals surface area contributed by atoms with E-state index in [1.165, 1.54) is 12.7 Å². The molecular formula is C13H18N8O4S. The van der Waals surface area contributed by atoms with E-state index < -0.39 is 28.5 Å². The van der Waals surface area contributed by atoms with E-state index >= 15 is 0 Å². The maximum atomic E-state index is 11.7.